The Labute approximate surface area is 282 Å². The molecule has 8 aromatic carbocycles. The molecule has 0 unspecified atom stereocenters. The first-order valence-corrected chi connectivity index (χ1v) is 16.5. The maximum Gasteiger partial charge on any atom is 0.227 e. The van der Waals surface area contributed by atoms with E-state index in [2.05, 4.69) is 120 Å². The summed E-state index contributed by atoms with van der Waals surface area (Å²) < 4.78 is 13.3. The number of furan rings is 1. The highest BCUT2D eigenvalue weighted by atomic mass is 16.4. The molecule has 0 spiro atoms. The molecule has 230 valence electrons. The van der Waals surface area contributed by atoms with Crippen molar-refractivity contribution in [3.8, 4) is 22.6 Å². The second-order valence-corrected chi connectivity index (χ2v) is 12.4. The fraction of sp³-hybridized carbons (Fsp3) is 0. The second-order valence-electron chi connectivity index (χ2n) is 12.4. The first kappa shape index (κ1) is 27.5. The summed E-state index contributed by atoms with van der Waals surface area (Å²) in [7, 11) is 0. The average molecular weight is 629 g/mol. The van der Waals surface area contributed by atoms with Gasteiger partial charge in [-0.15, -0.1) is 0 Å². The highest BCUT2D eigenvalue weighted by molar-refractivity contribution is 6.20. The molecule has 0 aliphatic carbocycles. The lowest BCUT2D eigenvalue weighted by Gasteiger charge is -2.27. The van der Waals surface area contributed by atoms with E-state index in [1.165, 1.54) is 21.7 Å². The third kappa shape index (κ3) is 4.49. The number of benzene rings is 8. The lowest BCUT2D eigenvalue weighted by molar-refractivity contribution is 0.620. The molecule has 10 aromatic rings. The van der Waals surface area contributed by atoms with E-state index in [1.54, 1.807) is 0 Å². The van der Waals surface area contributed by atoms with Crippen LogP contribution in [0.1, 0.15) is 0 Å². The van der Waals surface area contributed by atoms with Crippen LogP contribution in [0.5, 0.6) is 0 Å². The summed E-state index contributed by atoms with van der Waals surface area (Å²) in [5.74, 6) is 0.568. The van der Waals surface area contributed by atoms with Gasteiger partial charge in [-0.25, -0.2) is 4.98 Å². The van der Waals surface area contributed by atoms with Gasteiger partial charge in [-0.1, -0.05) is 121 Å². The van der Waals surface area contributed by atoms with Gasteiger partial charge >= 0.3 is 0 Å². The number of anilines is 3. The van der Waals surface area contributed by atoms with Crippen molar-refractivity contribution in [3.05, 3.63) is 170 Å². The molecule has 0 radical (unpaired) electrons. The largest absolute Gasteiger partial charge is 0.456 e. The van der Waals surface area contributed by atoms with Gasteiger partial charge in [-0.05, 0) is 75.1 Å². The van der Waals surface area contributed by atoms with E-state index >= 15 is 0 Å². The standard InChI is InChI=1S/C45H28N2O2/c1-3-11-29(12-4-1)30-21-23-34(24-22-30)47(35-25-26-37-33(27-35)20-19-31-13-7-8-16-36(31)37)43-42-38-17-9-10-18-40(38)48-41(42)28-39-44(43)49-45(46-39)32-14-5-2-6-15-32/h1-28H. The number of hydrogen-bond donors (Lipinski definition) is 0. The molecule has 0 bridgehead atoms. The van der Waals surface area contributed by atoms with Crippen LogP contribution in [0.2, 0.25) is 0 Å². The topological polar surface area (TPSA) is 42.4 Å². The van der Waals surface area contributed by atoms with Crippen molar-refractivity contribution in [2.45, 2.75) is 0 Å². The quantitative estimate of drug-likeness (QED) is 0.178. The molecule has 4 nitrogen and oxygen atoms in total. The number of nitrogens with zero attached hydrogens (tertiary/aromatic N) is 2. The molecular weight excluding hydrogens is 601 g/mol. The molecule has 0 amide bonds. The summed E-state index contributed by atoms with van der Waals surface area (Å²) >= 11 is 0. The van der Waals surface area contributed by atoms with Gasteiger partial charge in [0.05, 0.1) is 5.39 Å². The van der Waals surface area contributed by atoms with Gasteiger partial charge in [0, 0.05) is 28.4 Å². The summed E-state index contributed by atoms with van der Waals surface area (Å²) in [4.78, 5) is 7.32. The number of rotatable bonds is 5. The highest BCUT2D eigenvalue weighted by Crippen LogP contribution is 2.48. The SMILES string of the molecule is c1ccc(-c2ccc(N(c3ccc4c(ccc5ccccc54)c3)c3c4oc(-c5ccccc5)nc4cc4oc5ccccc5c34)cc2)cc1. The fourth-order valence-electron chi connectivity index (χ4n) is 7.15. The number of para-hydroxylation sites is 1. The molecular formula is C45H28N2O2. The Bertz CT molecular complexity index is 2820. The van der Waals surface area contributed by atoms with Gasteiger partial charge in [0.2, 0.25) is 5.89 Å². The van der Waals surface area contributed by atoms with Gasteiger partial charge in [0.1, 0.15) is 22.4 Å². The van der Waals surface area contributed by atoms with E-state index in [1.807, 2.05) is 54.6 Å². The van der Waals surface area contributed by atoms with Crippen LogP contribution >= 0.6 is 0 Å². The van der Waals surface area contributed by atoms with Crippen molar-refractivity contribution in [2.24, 2.45) is 0 Å². The minimum Gasteiger partial charge on any atom is -0.456 e. The summed E-state index contributed by atoms with van der Waals surface area (Å²) in [6.07, 6.45) is 0. The van der Waals surface area contributed by atoms with Crippen molar-refractivity contribution < 1.29 is 8.83 Å². The van der Waals surface area contributed by atoms with E-state index < -0.39 is 0 Å². The maximum absolute atomic E-state index is 6.78. The van der Waals surface area contributed by atoms with Crippen LogP contribution in [0, 0.1) is 0 Å². The summed E-state index contributed by atoms with van der Waals surface area (Å²) in [5, 5.41) is 6.82. The van der Waals surface area contributed by atoms with Crippen molar-refractivity contribution in [3.63, 3.8) is 0 Å². The normalized spacial score (nSPS) is 11.7. The number of fused-ring (bicyclic) bond motifs is 7. The molecule has 2 heterocycles. The molecule has 2 aromatic heterocycles. The van der Waals surface area contributed by atoms with Crippen LogP contribution in [0.3, 0.4) is 0 Å². The van der Waals surface area contributed by atoms with Crippen molar-refractivity contribution in [2.75, 3.05) is 4.90 Å². The van der Waals surface area contributed by atoms with E-state index in [9.17, 15) is 0 Å². The van der Waals surface area contributed by atoms with E-state index in [0.717, 1.165) is 61.0 Å². The van der Waals surface area contributed by atoms with Crippen LogP contribution in [0.4, 0.5) is 17.1 Å². The predicted octanol–water partition coefficient (Wildman–Crippen LogP) is 12.8. The molecule has 0 aliphatic rings. The summed E-state index contributed by atoms with van der Waals surface area (Å²) in [6, 6.07) is 59.2. The molecule has 49 heavy (non-hydrogen) atoms. The van der Waals surface area contributed by atoms with Crippen molar-refractivity contribution in [1.82, 2.24) is 4.98 Å². The van der Waals surface area contributed by atoms with Gasteiger partial charge in [-0.2, -0.15) is 0 Å². The highest BCUT2D eigenvalue weighted by Gasteiger charge is 2.26. The van der Waals surface area contributed by atoms with E-state index in [4.69, 9.17) is 13.8 Å². The number of oxazole rings is 1. The average Bonchev–Trinajstić information content (AvgIpc) is 3.77. The Balaban J connectivity index is 1.28. The third-order valence-corrected chi connectivity index (χ3v) is 9.46. The summed E-state index contributed by atoms with van der Waals surface area (Å²) in [5.41, 5.74) is 9.14. The molecule has 0 fully saturated rings. The van der Waals surface area contributed by atoms with Crippen LogP contribution in [0.25, 0.3) is 77.2 Å². The van der Waals surface area contributed by atoms with E-state index in [-0.39, 0.29) is 0 Å². The Hall–Kier alpha value is -6.65. The fourth-order valence-corrected chi connectivity index (χ4v) is 7.15. The van der Waals surface area contributed by atoms with Crippen molar-refractivity contribution >= 4 is 71.6 Å². The summed E-state index contributed by atoms with van der Waals surface area (Å²) in [6.45, 7) is 0. The number of hydrogen-bond acceptors (Lipinski definition) is 4. The Morgan fingerprint density at radius 3 is 1.88 bits per heavy atom. The van der Waals surface area contributed by atoms with E-state index in [0.29, 0.717) is 11.5 Å². The molecule has 0 aliphatic heterocycles. The zero-order valence-electron chi connectivity index (χ0n) is 26.4. The molecule has 4 heteroatoms. The maximum atomic E-state index is 6.78. The van der Waals surface area contributed by atoms with Crippen LogP contribution in [0.15, 0.2) is 179 Å². The van der Waals surface area contributed by atoms with Crippen molar-refractivity contribution in [1.29, 1.82) is 0 Å². The third-order valence-electron chi connectivity index (χ3n) is 9.46. The molecule has 0 saturated carbocycles. The Morgan fingerprint density at radius 1 is 0.429 bits per heavy atom. The van der Waals surface area contributed by atoms with Gasteiger partial charge < -0.3 is 13.7 Å². The second kappa shape index (κ2) is 11.0. The zero-order valence-corrected chi connectivity index (χ0v) is 26.4. The lowest BCUT2D eigenvalue weighted by atomic mass is 10.00. The first-order chi connectivity index (χ1) is 24.3. The molecule has 0 N–H and O–H groups in total. The molecule has 10 rings (SSSR count). The van der Waals surface area contributed by atoms with Gasteiger partial charge in [-0.3, -0.25) is 0 Å². The van der Waals surface area contributed by atoms with Gasteiger partial charge in [0.25, 0.3) is 0 Å². The van der Waals surface area contributed by atoms with Gasteiger partial charge in [0.15, 0.2) is 5.58 Å². The molecule has 0 saturated heterocycles. The minimum atomic E-state index is 0.568. The first-order valence-electron chi connectivity index (χ1n) is 16.5. The van der Waals surface area contributed by atoms with Crippen LogP contribution in [-0.2, 0) is 0 Å². The lowest BCUT2D eigenvalue weighted by Crippen LogP contribution is -2.11. The molecule has 0 atom stereocenters. The zero-order chi connectivity index (χ0) is 32.3. The van der Waals surface area contributed by atoms with Crippen LogP contribution in [-0.4, -0.2) is 4.98 Å². The Kier molecular flexibility index (Phi) is 6.15. The minimum absolute atomic E-state index is 0.568. The monoisotopic (exact) mass is 628 g/mol. The van der Waals surface area contributed by atoms with Crippen LogP contribution < -0.4 is 4.90 Å². The Morgan fingerprint density at radius 2 is 1.06 bits per heavy atom. The smallest absolute Gasteiger partial charge is 0.227 e. The number of aromatic nitrogens is 1. The predicted molar refractivity (Wildman–Crippen MR) is 202 cm³/mol.